The van der Waals surface area contributed by atoms with E-state index >= 15 is 0 Å². The van der Waals surface area contributed by atoms with Gasteiger partial charge in [-0.05, 0) is 80.8 Å². The Morgan fingerprint density at radius 1 is 1.09 bits per heavy atom. The fourth-order valence-corrected chi connectivity index (χ4v) is 6.57. The number of carbonyl (C=O) groups excluding carboxylic acids is 2. The first-order chi connectivity index (χ1) is 16.8. The van der Waals surface area contributed by atoms with Crippen molar-refractivity contribution in [1.82, 2.24) is 9.80 Å². The van der Waals surface area contributed by atoms with Crippen LogP contribution in [0.2, 0.25) is 0 Å². The molecule has 2 aromatic carbocycles. The Hall–Kier alpha value is -2.86. The Balaban J connectivity index is 1.52. The van der Waals surface area contributed by atoms with Crippen molar-refractivity contribution in [2.24, 2.45) is 5.92 Å². The van der Waals surface area contributed by atoms with Crippen LogP contribution in [0.5, 0.6) is 5.75 Å². The molecular weight excluding hydrogens is 440 g/mol. The zero-order valence-electron chi connectivity index (χ0n) is 20.8. The van der Waals surface area contributed by atoms with Gasteiger partial charge in [0.05, 0.1) is 0 Å². The van der Waals surface area contributed by atoms with E-state index < -0.39 is 11.0 Å². The van der Waals surface area contributed by atoms with E-state index in [1.807, 2.05) is 54.4 Å². The summed E-state index contributed by atoms with van der Waals surface area (Å²) in [6.45, 7) is 4.16. The zero-order valence-corrected chi connectivity index (χ0v) is 20.8. The van der Waals surface area contributed by atoms with Crippen LogP contribution in [0.15, 0.2) is 54.6 Å². The highest BCUT2D eigenvalue weighted by molar-refractivity contribution is 5.94. The van der Waals surface area contributed by atoms with Gasteiger partial charge in [0.25, 0.3) is 5.91 Å². The zero-order chi connectivity index (χ0) is 24.6. The van der Waals surface area contributed by atoms with Gasteiger partial charge in [-0.25, -0.2) is 0 Å². The number of phenols is 1. The van der Waals surface area contributed by atoms with E-state index in [1.165, 1.54) is 19.8 Å². The van der Waals surface area contributed by atoms with Gasteiger partial charge in [-0.15, -0.1) is 0 Å². The molecule has 3 atom stereocenters. The monoisotopic (exact) mass is 476 g/mol. The van der Waals surface area contributed by atoms with Crippen molar-refractivity contribution in [1.29, 1.82) is 0 Å². The van der Waals surface area contributed by atoms with Crippen LogP contribution in [0.1, 0.15) is 61.4 Å². The van der Waals surface area contributed by atoms with Gasteiger partial charge < -0.3 is 14.7 Å². The molecule has 5 rings (SSSR count). The molecule has 1 aliphatic heterocycles. The van der Waals surface area contributed by atoms with Gasteiger partial charge in [0.2, 0.25) is 0 Å². The maximum Gasteiger partial charge on any atom is 0.303 e. The molecule has 0 bridgehead atoms. The molecule has 0 radical (unpaired) electrons. The number of phenolic OH excluding ortho intramolecular Hbond substituents is 1. The second-order valence-corrected chi connectivity index (χ2v) is 10.8. The molecule has 1 saturated heterocycles. The van der Waals surface area contributed by atoms with Gasteiger partial charge in [0, 0.05) is 44.1 Å². The quantitative estimate of drug-likeness (QED) is 0.627. The van der Waals surface area contributed by atoms with Crippen molar-refractivity contribution in [3.05, 3.63) is 65.7 Å². The molecule has 2 aromatic rings. The van der Waals surface area contributed by atoms with Gasteiger partial charge in [0.1, 0.15) is 11.4 Å². The third-order valence-electron chi connectivity index (χ3n) is 8.51. The fraction of sp³-hybridized carbons (Fsp3) is 0.517. The SMILES string of the molecule is CC(=O)O[C@]12CC[C@@H](N(C)C(=O)c3ccccc3)C[C@]1(c1cccc(O)c1)CCN(CC1CC1)C2. The summed E-state index contributed by atoms with van der Waals surface area (Å²) in [4.78, 5) is 30.2. The Morgan fingerprint density at radius 3 is 2.54 bits per heavy atom. The van der Waals surface area contributed by atoms with E-state index in [1.54, 1.807) is 6.07 Å². The van der Waals surface area contributed by atoms with Crippen molar-refractivity contribution < 1.29 is 19.4 Å². The first kappa shape index (κ1) is 23.9. The fourth-order valence-electron chi connectivity index (χ4n) is 6.57. The van der Waals surface area contributed by atoms with E-state index in [4.69, 9.17) is 4.74 Å². The summed E-state index contributed by atoms with van der Waals surface area (Å²) in [7, 11) is 1.89. The molecule has 2 saturated carbocycles. The lowest BCUT2D eigenvalue weighted by molar-refractivity contribution is -0.188. The van der Waals surface area contributed by atoms with Gasteiger partial charge in [0.15, 0.2) is 0 Å². The maximum absolute atomic E-state index is 13.3. The summed E-state index contributed by atoms with van der Waals surface area (Å²) in [6.07, 6.45) is 5.52. The summed E-state index contributed by atoms with van der Waals surface area (Å²) in [5, 5.41) is 10.4. The number of ether oxygens (including phenoxy) is 1. The summed E-state index contributed by atoms with van der Waals surface area (Å²) >= 11 is 0. The molecule has 0 spiro atoms. The number of amides is 1. The number of rotatable bonds is 6. The molecule has 3 aliphatic rings. The molecule has 0 unspecified atom stereocenters. The molecule has 2 aliphatic carbocycles. The number of aromatic hydroxyl groups is 1. The van der Waals surface area contributed by atoms with Crippen molar-refractivity contribution >= 4 is 11.9 Å². The van der Waals surface area contributed by atoms with Crippen molar-refractivity contribution in [2.45, 2.75) is 62.5 Å². The summed E-state index contributed by atoms with van der Waals surface area (Å²) in [5.41, 5.74) is 0.506. The van der Waals surface area contributed by atoms with E-state index in [0.717, 1.165) is 37.4 Å². The van der Waals surface area contributed by atoms with Crippen LogP contribution in [0.4, 0.5) is 0 Å². The first-order valence-corrected chi connectivity index (χ1v) is 12.9. The lowest BCUT2D eigenvalue weighted by Gasteiger charge is -2.60. The summed E-state index contributed by atoms with van der Waals surface area (Å²) < 4.78 is 6.32. The summed E-state index contributed by atoms with van der Waals surface area (Å²) in [5.74, 6) is 0.705. The highest BCUT2D eigenvalue weighted by Crippen LogP contribution is 2.55. The average Bonchev–Trinajstić information content (AvgIpc) is 3.67. The molecule has 6 heteroatoms. The Labute approximate surface area is 207 Å². The number of benzene rings is 2. The second kappa shape index (κ2) is 9.30. The minimum Gasteiger partial charge on any atom is -0.508 e. The molecular formula is C29H36N2O4. The van der Waals surface area contributed by atoms with Gasteiger partial charge in [-0.3, -0.25) is 14.5 Å². The highest BCUT2D eigenvalue weighted by Gasteiger charge is 2.61. The number of esters is 1. The van der Waals surface area contributed by atoms with Crippen LogP contribution in [0.25, 0.3) is 0 Å². The second-order valence-electron chi connectivity index (χ2n) is 10.8. The largest absolute Gasteiger partial charge is 0.508 e. The number of hydrogen-bond acceptors (Lipinski definition) is 5. The normalized spacial score (nSPS) is 28.7. The molecule has 3 fully saturated rings. The summed E-state index contributed by atoms with van der Waals surface area (Å²) in [6, 6.07) is 16.8. The van der Waals surface area contributed by atoms with E-state index in [2.05, 4.69) is 11.0 Å². The molecule has 1 N–H and O–H groups in total. The predicted octanol–water partition coefficient (Wildman–Crippen LogP) is 4.37. The Kier molecular flexibility index (Phi) is 6.34. The van der Waals surface area contributed by atoms with Crippen molar-refractivity contribution in [2.75, 3.05) is 26.7 Å². The number of carbonyl (C=O) groups is 2. The lowest BCUT2D eigenvalue weighted by Crippen LogP contribution is -2.68. The van der Waals surface area contributed by atoms with Crippen LogP contribution in [0.3, 0.4) is 0 Å². The number of likely N-dealkylation sites (tertiary alicyclic amines) is 1. The number of piperidine rings is 1. The minimum atomic E-state index is -0.688. The highest BCUT2D eigenvalue weighted by atomic mass is 16.6. The number of hydrogen-bond donors (Lipinski definition) is 1. The minimum absolute atomic E-state index is 0.00344. The van der Waals surface area contributed by atoms with Crippen LogP contribution in [0, 0.1) is 5.92 Å². The van der Waals surface area contributed by atoms with E-state index in [0.29, 0.717) is 24.9 Å². The van der Waals surface area contributed by atoms with Crippen LogP contribution in [-0.4, -0.2) is 65.1 Å². The van der Waals surface area contributed by atoms with Gasteiger partial charge >= 0.3 is 5.97 Å². The molecule has 6 nitrogen and oxygen atoms in total. The number of nitrogens with zero attached hydrogens (tertiary/aromatic N) is 2. The lowest BCUT2D eigenvalue weighted by atomic mass is 9.55. The first-order valence-electron chi connectivity index (χ1n) is 12.9. The number of fused-ring (bicyclic) bond motifs is 1. The van der Waals surface area contributed by atoms with Crippen LogP contribution in [-0.2, 0) is 14.9 Å². The molecule has 186 valence electrons. The van der Waals surface area contributed by atoms with E-state index in [-0.39, 0.29) is 23.7 Å². The smallest absolute Gasteiger partial charge is 0.303 e. The standard InChI is InChI=1S/C29H36N2O4/c1-21(32)35-29-14-13-25(30(2)27(34)23-7-4-3-5-8-23)18-28(29,24-9-6-10-26(33)17-24)15-16-31(20-29)19-22-11-12-22/h3-10,17,22,25,33H,11-16,18-20H2,1-2H3/t25-,28+,29+/m1/s1. The van der Waals surface area contributed by atoms with Crippen LogP contribution >= 0.6 is 0 Å². The molecule has 35 heavy (non-hydrogen) atoms. The third kappa shape index (κ3) is 4.56. The molecule has 1 amide bonds. The molecule has 0 aromatic heterocycles. The Bertz CT molecular complexity index is 1090. The maximum atomic E-state index is 13.3. The van der Waals surface area contributed by atoms with Crippen molar-refractivity contribution in [3.63, 3.8) is 0 Å². The van der Waals surface area contributed by atoms with E-state index in [9.17, 15) is 14.7 Å². The average molecular weight is 477 g/mol. The van der Waals surface area contributed by atoms with Crippen molar-refractivity contribution in [3.8, 4) is 5.75 Å². The Morgan fingerprint density at radius 2 is 1.86 bits per heavy atom. The predicted molar refractivity (Wildman–Crippen MR) is 134 cm³/mol. The molecule has 1 heterocycles. The third-order valence-corrected chi connectivity index (χ3v) is 8.51. The van der Waals surface area contributed by atoms with Gasteiger partial charge in [-0.1, -0.05) is 30.3 Å². The van der Waals surface area contributed by atoms with Crippen LogP contribution < -0.4 is 0 Å². The topological polar surface area (TPSA) is 70.1 Å². The van der Waals surface area contributed by atoms with Gasteiger partial charge in [-0.2, -0.15) is 0 Å².